The maximum absolute atomic E-state index is 14.4. The Labute approximate surface area is 155 Å². The second kappa shape index (κ2) is 7.39. The third-order valence-corrected chi connectivity index (χ3v) is 5.71. The Morgan fingerprint density at radius 2 is 1.89 bits per heavy atom. The second-order valence-electron chi connectivity index (χ2n) is 6.06. The van der Waals surface area contributed by atoms with Gasteiger partial charge in [0.15, 0.2) is 0 Å². The molecule has 0 radical (unpaired) electrons. The van der Waals surface area contributed by atoms with Gasteiger partial charge in [-0.3, -0.25) is 14.8 Å². The minimum Gasteiger partial charge on any atom is -0.495 e. The first-order valence-corrected chi connectivity index (χ1v) is 9.70. The normalized spacial score (nSPS) is 14.2. The highest BCUT2D eigenvalue weighted by atomic mass is 32.2. The van der Waals surface area contributed by atoms with Crippen LogP contribution in [0.5, 0.6) is 5.75 Å². The summed E-state index contributed by atoms with van der Waals surface area (Å²) in [6.07, 6.45) is 1.99. The molecule has 144 valence electrons. The zero-order chi connectivity index (χ0) is 19.6. The van der Waals surface area contributed by atoms with Gasteiger partial charge < -0.3 is 9.64 Å². The van der Waals surface area contributed by atoms with Gasteiger partial charge in [0, 0.05) is 25.2 Å². The van der Waals surface area contributed by atoms with E-state index in [0.29, 0.717) is 5.69 Å². The van der Waals surface area contributed by atoms with Gasteiger partial charge in [-0.05, 0) is 31.0 Å². The van der Waals surface area contributed by atoms with Crippen LogP contribution in [0.3, 0.4) is 0 Å². The first kappa shape index (κ1) is 18.9. The maximum Gasteiger partial charge on any atom is 0.273 e. The number of halogens is 1. The maximum atomic E-state index is 14.4. The third-order valence-electron chi connectivity index (χ3n) is 4.29. The number of methoxy groups -OCH3 is 1. The molecule has 1 N–H and O–H groups in total. The molecular weight excluding hydrogens is 377 g/mol. The lowest BCUT2D eigenvalue weighted by molar-refractivity contribution is -0.385. The summed E-state index contributed by atoms with van der Waals surface area (Å²) in [6.45, 7) is 1.53. The van der Waals surface area contributed by atoms with Gasteiger partial charge in [-0.25, -0.2) is 12.8 Å². The van der Waals surface area contributed by atoms with Gasteiger partial charge in [0.25, 0.3) is 15.7 Å². The Hall–Kier alpha value is -2.88. The number of hydrogen-bond donors (Lipinski definition) is 1. The number of anilines is 2. The number of ether oxygens (including phenoxy) is 1. The van der Waals surface area contributed by atoms with Crippen LogP contribution in [0.2, 0.25) is 0 Å². The largest absolute Gasteiger partial charge is 0.495 e. The molecule has 8 nitrogen and oxygen atoms in total. The van der Waals surface area contributed by atoms with E-state index in [2.05, 4.69) is 4.72 Å². The van der Waals surface area contributed by atoms with Gasteiger partial charge in [-0.1, -0.05) is 0 Å². The zero-order valence-electron chi connectivity index (χ0n) is 14.5. The smallest absolute Gasteiger partial charge is 0.273 e. The van der Waals surface area contributed by atoms with E-state index in [1.54, 1.807) is 0 Å². The predicted octanol–water partition coefficient (Wildman–Crippen LogP) is 3.14. The van der Waals surface area contributed by atoms with E-state index in [4.69, 9.17) is 4.74 Å². The predicted molar refractivity (Wildman–Crippen MR) is 98.3 cm³/mol. The standard InChI is InChI=1S/C17H18FN3O5S/c1-26-16-11-13(21(22)23)5-7-17(16)27(24,25)19-12-4-6-15(14(18)10-12)20-8-2-3-9-20/h4-7,10-11,19H,2-3,8-9H2,1H3. The van der Waals surface area contributed by atoms with Crippen LogP contribution in [-0.2, 0) is 10.0 Å². The van der Waals surface area contributed by atoms with Crippen LogP contribution in [0.4, 0.5) is 21.5 Å². The van der Waals surface area contributed by atoms with Gasteiger partial charge in [0.05, 0.1) is 29.5 Å². The summed E-state index contributed by atoms with van der Waals surface area (Å²) in [7, 11) is -2.91. The Kier molecular flexibility index (Phi) is 5.17. The number of hydrogen-bond acceptors (Lipinski definition) is 6. The molecule has 1 saturated heterocycles. The van der Waals surface area contributed by atoms with Gasteiger partial charge >= 0.3 is 0 Å². The fourth-order valence-corrected chi connectivity index (χ4v) is 4.19. The summed E-state index contributed by atoms with van der Waals surface area (Å²) in [4.78, 5) is 11.8. The van der Waals surface area contributed by atoms with Crippen molar-refractivity contribution in [2.45, 2.75) is 17.7 Å². The van der Waals surface area contributed by atoms with E-state index in [0.717, 1.165) is 50.2 Å². The number of benzene rings is 2. The van der Waals surface area contributed by atoms with Crippen LogP contribution < -0.4 is 14.4 Å². The van der Waals surface area contributed by atoms with Crippen LogP contribution in [0.1, 0.15) is 12.8 Å². The molecule has 0 aliphatic carbocycles. The zero-order valence-corrected chi connectivity index (χ0v) is 15.3. The number of nitro groups is 1. The van der Waals surface area contributed by atoms with Crippen LogP contribution in [0, 0.1) is 15.9 Å². The molecule has 1 fully saturated rings. The molecule has 10 heteroatoms. The van der Waals surface area contributed by atoms with Crippen molar-refractivity contribution in [3.05, 3.63) is 52.3 Å². The van der Waals surface area contributed by atoms with Crippen LogP contribution in [0.25, 0.3) is 0 Å². The van der Waals surface area contributed by atoms with E-state index in [9.17, 15) is 22.9 Å². The van der Waals surface area contributed by atoms with Crippen molar-refractivity contribution in [3.63, 3.8) is 0 Å². The lowest BCUT2D eigenvalue weighted by Gasteiger charge is -2.19. The average molecular weight is 395 g/mol. The molecule has 1 heterocycles. The Morgan fingerprint density at radius 3 is 2.48 bits per heavy atom. The number of non-ortho nitro benzene ring substituents is 1. The quantitative estimate of drug-likeness (QED) is 0.596. The molecular formula is C17H18FN3O5S. The fraction of sp³-hybridized carbons (Fsp3) is 0.294. The van der Waals surface area contributed by atoms with Crippen LogP contribution >= 0.6 is 0 Å². The van der Waals surface area contributed by atoms with Crippen molar-refractivity contribution in [1.82, 2.24) is 0 Å². The lowest BCUT2D eigenvalue weighted by atomic mass is 10.2. The van der Waals surface area contributed by atoms with Crippen molar-refractivity contribution < 1.29 is 22.5 Å². The van der Waals surface area contributed by atoms with Crippen molar-refractivity contribution in [2.75, 3.05) is 29.8 Å². The van der Waals surface area contributed by atoms with Gasteiger partial charge in [-0.15, -0.1) is 0 Å². The number of nitro benzene ring substituents is 1. The summed E-state index contributed by atoms with van der Waals surface area (Å²) in [5, 5.41) is 10.8. The number of sulfonamides is 1. The first-order chi connectivity index (χ1) is 12.8. The highest BCUT2D eigenvalue weighted by molar-refractivity contribution is 7.92. The van der Waals surface area contributed by atoms with Crippen molar-refractivity contribution in [1.29, 1.82) is 0 Å². The number of nitrogens with zero attached hydrogens (tertiary/aromatic N) is 2. The van der Waals surface area contributed by atoms with Crippen LogP contribution in [0.15, 0.2) is 41.3 Å². The van der Waals surface area contributed by atoms with Crippen molar-refractivity contribution in [3.8, 4) is 5.75 Å². The molecule has 0 unspecified atom stereocenters. The molecule has 1 aliphatic heterocycles. The summed E-state index contributed by atoms with van der Waals surface area (Å²) >= 11 is 0. The Bertz CT molecular complexity index is 975. The monoisotopic (exact) mass is 395 g/mol. The summed E-state index contributed by atoms with van der Waals surface area (Å²) in [5.41, 5.74) is 0.186. The molecule has 2 aromatic rings. The molecule has 27 heavy (non-hydrogen) atoms. The first-order valence-electron chi connectivity index (χ1n) is 8.21. The molecule has 0 bridgehead atoms. The molecule has 0 saturated carbocycles. The van der Waals surface area contributed by atoms with Gasteiger partial charge in [0.1, 0.15) is 16.5 Å². The Morgan fingerprint density at radius 1 is 1.19 bits per heavy atom. The topological polar surface area (TPSA) is 102 Å². The van der Waals surface area contributed by atoms with Gasteiger partial charge in [-0.2, -0.15) is 0 Å². The van der Waals surface area contributed by atoms with E-state index in [1.807, 2.05) is 4.90 Å². The summed E-state index contributed by atoms with van der Waals surface area (Å²) < 4.78 is 46.9. The Balaban J connectivity index is 1.88. The third kappa shape index (κ3) is 3.95. The van der Waals surface area contributed by atoms with E-state index in [1.165, 1.54) is 19.2 Å². The van der Waals surface area contributed by atoms with Crippen molar-refractivity contribution in [2.24, 2.45) is 0 Å². The lowest BCUT2D eigenvalue weighted by Crippen LogP contribution is -2.19. The van der Waals surface area contributed by atoms with E-state index in [-0.39, 0.29) is 22.0 Å². The molecule has 0 atom stereocenters. The van der Waals surface area contributed by atoms with E-state index < -0.39 is 20.8 Å². The fourth-order valence-electron chi connectivity index (χ4n) is 2.99. The molecule has 0 spiro atoms. The van der Waals surface area contributed by atoms with Crippen molar-refractivity contribution >= 4 is 27.1 Å². The van der Waals surface area contributed by atoms with Gasteiger partial charge in [0.2, 0.25) is 0 Å². The van der Waals surface area contributed by atoms with Crippen LogP contribution in [-0.4, -0.2) is 33.5 Å². The highest BCUT2D eigenvalue weighted by Crippen LogP contribution is 2.31. The molecule has 0 aromatic heterocycles. The SMILES string of the molecule is COc1cc([N+](=O)[O-])ccc1S(=O)(=O)Nc1ccc(N2CCCC2)c(F)c1. The minimum absolute atomic E-state index is 0.0517. The molecule has 3 rings (SSSR count). The highest BCUT2D eigenvalue weighted by Gasteiger charge is 2.23. The van der Waals surface area contributed by atoms with E-state index >= 15 is 0 Å². The minimum atomic E-state index is -4.13. The molecule has 2 aromatic carbocycles. The molecule has 1 aliphatic rings. The summed E-state index contributed by atoms with van der Waals surface area (Å²) in [5.74, 6) is -0.696. The molecule has 0 amide bonds. The number of nitrogens with one attached hydrogen (secondary N) is 1. The summed E-state index contributed by atoms with van der Waals surface area (Å²) in [6, 6.07) is 7.29. The average Bonchev–Trinajstić information content (AvgIpc) is 3.15. The number of rotatable bonds is 6. The second-order valence-corrected chi connectivity index (χ2v) is 7.71.